The van der Waals surface area contributed by atoms with Gasteiger partial charge in [0.05, 0.1) is 18.6 Å². The highest BCUT2D eigenvalue weighted by molar-refractivity contribution is 5.08. The maximum absolute atomic E-state index is 5.08. The van der Waals surface area contributed by atoms with Crippen molar-refractivity contribution in [1.29, 1.82) is 0 Å². The minimum absolute atomic E-state index is 0.00222. The molecule has 1 aromatic rings. The van der Waals surface area contributed by atoms with Gasteiger partial charge in [-0.1, -0.05) is 5.16 Å². The third kappa shape index (κ3) is 0.939. The number of aromatic nitrogens is 2. The van der Waals surface area contributed by atoms with Gasteiger partial charge in [-0.3, -0.25) is 0 Å². The Morgan fingerprint density at radius 2 is 2.18 bits per heavy atom. The van der Waals surface area contributed by atoms with Gasteiger partial charge >= 0.3 is 0 Å². The standard InChI is InChI=1S/C7H10N2O2/c1-5-8-6(9-11-5)7(2)3-10-4-7/h3-4H2,1-2H3. The molecular weight excluding hydrogens is 144 g/mol. The van der Waals surface area contributed by atoms with Gasteiger partial charge in [0.15, 0.2) is 5.82 Å². The van der Waals surface area contributed by atoms with E-state index in [1.807, 2.05) is 0 Å². The zero-order valence-electron chi connectivity index (χ0n) is 6.63. The Balaban J connectivity index is 2.28. The zero-order chi connectivity index (χ0) is 7.90. The summed E-state index contributed by atoms with van der Waals surface area (Å²) in [4.78, 5) is 4.15. The first-order valence-electron chi connectivity index (χ1n) is 3.59. The molecular formula is C7H10N2O2. The molecule has 1 aromatic heterocycles. The molecule has 0 N–H and O–H groups in total. The van der Waals surface area contributed by atoms with E-state index in [9.17, 15) is 0 Å². The molecule has 11 heavy (non-hydrogen) atoms. The molecule has 0 aliphatic carbocycles. The molecule has 0 radical (unpaired) electrons. The maximum atomic E-state index is 5.08. The fourth-order valence-corrected chi connectivity index (χ4v) is 1.08. The van der Waals surface area contributed by atoms with Gasteiger partial charge in [-0.2, -0.15) is 4.98 Å². The summed E-state index contributed by atoms with van der Waals surface area (Å²) < 4.78 is 9.95. The smallest absolute Gasteiger partial charge is 0.223 e. The average molecular weight is 154 g/mol. The Morgan fingerprint density at radius 3 is 2.55 bits per heavy atom. The third-order valence-corrected chi connectivity index (χ3v) is 1.91. The molecule has 1 aliphatic rings. The van der Waals surface area contributed by atoms with Crippen LogP contribution < -0.4 is 0 Å². The average Bonchev–Trinajstić information content (AvgIpc) is 2.31. The molecule has 2 heterocycles. The Morgan fingerprint density at radius 1 is 1.45 bits per heavy atom. The SMILES string of the molecule is Cc1nc(C2(C)COC2)no1. The van der Waals surface area contributed by atoms with Crippen LogP contribution in [-0.4, -0.2) is 23.4 Å². The van der Waals surface area contributed by atoms with E-state index in [0.29, 0.717) is 19.1 Å². The van der Waals surface area contributed by atoms with Crippen LogP contribution in [0.15, 0.2) is 4.52 Å². The van der Waals surface area contributed by atoms with Gasteiger partial charge in [0, 0.05) is 6.92 Å². The molecule has 60 valence electrons. The third-order valence-electron chi connectivity index (χ3n) is 1.91. The van der Waals surface area contributed by atoms with Crippen LogP contribution in [0.2, 0.25) is 0 Å². The Labute approximate surface area is 64.5 Å². The monoisotopic (exact) mass is 154 g/mol. The molecule has 0 amide bonds. The zero-order valence-corrected chi connectivity index (χ0v) is 6.63. The number of aryl methyl sites for hydroxylation is 1. The highest BCUT2D eigenvalue weighted by Gasteiger charge is 2.39. The van der Waals surface area contributed by atoms with E-state index in [1.165, 1.54) is 0 Å². The molecule has 0 bridgehead atoms. The summed E-state index contributed by atoms with van der Waals surface area (Å²) in [5.41, 5.74) is -0.00222. The molecule has 2 rings (SSSR count). The van der Waals surface area contributed by atoms with E-state index in [1.54, 1.807) is 6.92 Å². The van der Waals surface area contributed by atoms with Crippen molar-refractivity contribution in [3.63, 3.8) is 0 Å². The first-order chi connectivity index (χ1) is 5.21. The number of nitrogens with zero attached hydrogens (tertiary/aromatic N) is 2. The lowest BCUT2D eigenvalue weighted by molar-refractivity contribution is -0.0551. The normalized spacial score (nSPS) is 21.3. The largest absolute Gasteiger partial charge is 0.379 e. The molecule has 1 saturated heterocycles. The van der Waals surface area contributed by atoms with E-state index in [0.717, 1.165) is 5.82 Å². The van der Waals surface area contributed by atoms with Gasteiger partial charge < -0.3 is 9.26 Å². The summed E-state index contributed by atoms with van der Waals surface area (Å²) in [5, 5.41) is 3.84. The highest BCUT2D eigenvalue weighted by atomic mass is 16.5. The van der Waals surface area contributed by atoms with E-state index >= 15 is 0 Å². The lowest BCUT2D eigenvalue weighted by Crippen LogP contribution is -2.44. The summed E-state index contributed by atoms with van der Waals surface area (Å²) in [6, 6.07) is 0. The first-order valence-corrected chi connectivity index (χ1v) is 3.59. The van der Waals surface area contributed by atoms with Crippen LogP contribution >= 0.6 is 0 Å². The minimum Gasteiger partial charge on any atom is -0.379 e. The lowest BCUT2D eigenvalue weighted by Gasteiger charge is -2.34. The number of hydrogen-bond acceptors (Lipinski definition) is 4. The Hall–Kier alpha value is -0.900. The Bertz CT molecular complexity index is 265. The van der Waals surface area contributed by atoms with Crippen molar-refractivity contribution < 1.29 is 9.26 Å². The molecule has 0 aromatic carbocycles. The van der Waals surface area contributed by atoms with Crippen LogP contribution in [0.4, 0.5) is 0 Å². The van der Waals surface area contributed by atoms with Crippen molar-refractivity contribution in [2.45, 2.75) is 19.3 Å². The molecule has 0 atom stereocenters. The van der Waals surface area contributed by atoms with Crippen LogP contribution in [0.1, 0.15) is 18.6 Å². The summed E-state index contributed by atoms with van der Waals surface area (Å²) in [7, 11) is 0. The predicted molar refractivity (Wildman–Crippen MR) is 37.2 cm³/mol. The molecule has 1 aliphatic heterocycles. The molecule has 1 fully saturated rings. The predicted octanol–water partition coefficient (Wildman–Crippen LogP) is 0.666. The van der Waals surface area contributed by atoms with Gasteiger partial charge in [-0.15, -0.1) is 0 Å². The second-order valence-corrected chi connectivity index (χ2v) is 3.19. The topological polar surface area (TPSA) is 48.2 Å². The first kappa shape index (κ1) is 6.79. The van der Waals surface area contributed by atoms with E-state index < -0.39 is 0 Å². The summed E-state index contributed by atoms with van der Waals surface area (Å²) in [5.74, 6) is 1.38. The molecule has 4 nitrogen and oxygen atoms in total. The van der Waals surface area contributed by atoms with Gasteiger partial charge in [0.2, 0.25) is 5.89 Å². The Kier molecular flexibility index (Phi) is 1.26. The van der Waals surface area contributed by atoms with Crippen molar-refractivity contribution >= 4 is 0 Å². The second-order valence-electron chi connectivity index (χ2n) is 3.19. The van der Waals surface area contributed by atoms with Gasteiger partial charge in [-0.05, 0) is 6.92 Å². The van der Waals surface area contributed by atoms with Crippen molar-refractivity contribution in [1.82, 2.24) is 10.1 Å². The van der Waals surface area contributed by atoms with Gasteiger partial charge in [0.1, 0.15) is 0 Å². The van der Waals surface area contributed by atoms with E-state index in [-0.39, 0.29) is 5.41 Å². The number of rotatable bonds is 1. The van der Waals surface area contributed by atoms with Crippen molar-refractivity contribution in [3.05, 3.63) is 11.7 Å². The van der Waals surface area contributed by atoms with Crippen LogP contribution in [-0.2, 0) is 10.2 Å². The fraction of sp³-hybridized carbons (Fsp3) is 0.714. The highest BCUT2D eigenvalue weighted by Crippen LogP contribution is 2.28. The molecule has 0 spiro atoms. The molecule has 0 unspecified atom stereocenters. The van der Waals surface area contributed by atoms with Gasteiger partial charge in [-0.25, -0.2) is 0 Å². The van der Waals surface area contributed by atoms with Crippen molar-refractivity contribution in [2.75, 3.05) is 13.2 Å². The molecule has 0 saturated carbocycles. The maximum Gasteiger partial charge on any atom is 0.223 e. The number of ether oxygens (including phenoxy) is 1. The fourth-order valence-electron chi connectivity index (χ4n) is 1.08. The summed E-state index contributed by atoms with van der Waals surface area (Å²) in [6.07, 6.45) is 0. The molecule has 4 heteroatoms. The van der Waals surface area contributed by atoms with Crippen LogP contribution in [0.25, 0.3) is 0 Å². The summed E-state index contributed by atoms with van der Waals surface area (Å²) >= 11 is 0. The van der Waals surface area contributed by atoms with E-state index in [4.69, 9.17) is 9.26 Å². The van der Waals surface area contributed by atoms with Crippen LogP contribution in [0, 0.1) is 6.92 Å². The van der Waals surface area contributed by atoms with Gasteiger partial charge in [0.25, 0.3) is 0 Å². The lowest BCUT2D eigenvalue weighted by atomic mass is 9.88. The number of hydrogen-bond donors (Lipinski definition) is 0. The van der Waals surface area contributed by atoms with Crippen LogP contribution in [0.3, 0.4) is 0 Å². The van der Waals surface area contributed by atoms with Crippen LogP contribution in [0.5, 0.6) is 0 Å². The summed E-state index contributed by atoms with van der Waals surface area (Å²) in [6.45, 7) is 5.26. The minimum atomic E-state index is -0.00222. The van der Waals surface area contributed by atoms with Crippen molar-refractivity contribution in [2.24, 2.45) is 0 Å². The second kappa shape index (κ2) is 2.04. The van der Waals surface area contributed by atoms with Crippen molar-refractivity contribution in [3.8, 4) is 0 Å². The van der Waals surface area contributed by atoms with E-state index in [2.05, 4.69) is 17.1 Å². The quantitative estimate of drug-likeness (QED) is 0.596.